The summed E-state index contributed by atoms with van der Waals surface area (Å²) in [5.41, 5.74) is 13.2. The van der Waals surface area contributed by atoms with E-state index in [9.17, 15) is 19.2 Å². The monoisotopic (exact) mass is 920 g/mol. The summed E-state index contributed by atoms with van der Waals surface area (Å²) in [5.74, 6) is 1.56. The highest BCUT2D eigenvalue weighted by molar-refractivity contribution is 5.89. The van der Waals surface area contributed by atoms with Gasteiger partial charge in [-0.3, -0.25) is 9.59 Å². The van der Waals surface area contributed by atoms with Gasteiger partial charge in [-0.05, 0) is 131 Å². The van der Waals surface area contributed by atoms with E-state index in [0.717, 1.165) is 83.4 Å². The zero-order valence-electron chi connectivity index (χ0n) is 40.4. The normalized spacial score (nSPS) is 20.2. The Hall–Kier alpha value is -6.70. The highest BCUT2D eigenvalue weighted by Crippen LogP contribution is 2.39. The predicted octanol–water partition coefficient (Wildman–Crippen LogP) is 9.24. The van der Waals surface area contributed by atoms with Crippen LogP contribution in [0.2, 0.25) is 0 Å². The number of ether oxygens (including phenoxy) is 2. The first-order chi connectivity index (χ1) is 32.7. The van der Waals surface area contributed by atoms with Crippen LogP contribution in [-0.4, -0.2) is 93.1 Å². The summed E-state index contributed by atoms with van der Waals surface area (Å²) in [6.07, 6.45) is 3.75. The molecule has 68 heavy (non-hydrogen) atoms. The van der Waals surface area contributed by atoms with Crippen LogP contribution in [0.4, 0.5) is 9.59 Å². The van der Waals surface area contributed by atoms with Gasteiger partial charge in [0.25, 0.3) is 0 Å². The maximum absolute atomic E-state index is 14.0. The lowest BCUT2D eigenvalue weighted by molar-refractivity contribution is -0.136. The van der Waals surface area contributed by atoms with Crippen LogP contribution in [0.15, 0.2) is 72.8 Å². The molecule has 0 spiro atoms. The van der Waals surface area contributed by atoms with Crippen molar-refractivity contribution in [2.75, 3.05) is 27.3 Å². The zero-order chi connectivity index (χ0) is 48.0. The van der Waals surface area contributed by atoms with Crippen molar-refractivity contribution >= 4 is 46.1 Å². The fourth-order valence-corrected chi connectivity index (χ4v) is 10.6. The summed E-state index contributed by atoms with van der Waals surface area (Å²) >= 11 is 0. The molecule has 14 heteroatoms. The topological polar surface area (TPSA) is 175 Å². The number of fused-ring (bicyclic) bond motifs is 2. The molecule has 6 aromatic rings. The van der Waals surface area contributed by atoms with Crippen molar-refractivity contribution in [3.05, 3.63) is 107 Å². The van der Waals surface area contributed by atoms with Gasteiger partial charge in [-0.25, -0.2) is 19.6 Å². The minimum absolute atomic E-state index is 0.118. The summed E-state index contributed by atoms with van der Waals surface area (Å²) < 4.78 is 9.68. The van der Waals surface area contributed by atoms with Crippen LogP contribution < -0.4 is 10.6 Å². The second-order valence-corrected chi connectivity index (χ2v) is 20.1. The Morgan fingerprint density at radius 3 is 1.38 bits per heavy atom. The smallest absolute Gasteiger partial charge is 0.407 e. The standard InChI is InChI=1S/C54H64N8O6/c1-29(2)47(59-53(65)67-7)51(63)61-27-31(5)21-45(61)49-55-41-19-17-37(25-43(41)57-49)39-23-33-9-13-35(39)15-11-34-10-14-36(16-12-33)40(24-34)38-18-20-42-44(26-38)58-50(56-42)46-22-32(6)28-62(46)52(64)48(30(3)4)60-54(66)68-8/h9-10,13-14,17-20,23-26,29-32,45-48H,11-12,15-16,21-22,27-28H2,1-8H3,(H,55,57)(H,56,58)(H,59,65)(H,60,66)/t31-,32-,45+,46+,47+,48+/m1/s1. The van der Waals surface area contributed by atoms with E-state index < -0.39 is 24.3 Å². The molecule has 2 fully saturated rings. The highest BCUT2D eigenvalue weighted by atomic mass is 16.5. The Labute approximate surface area is 398 Å². The Balaban J connectivity index is 0.951. The van der Waals surface area contributed by atoms with E-state index in [0.29, 0.717) is 13.1 Å². The number of benzene rings is 4. The number of H-pyrrole nitrogens is 2. The van der Waals surface area contributed by atoms with E-state index in [2.05, 4.69) is 107 Å². The van der Waals surface area contributed by atoms with Crippen LogP contribution in [0.3, 0.4) is 0 Å². The molecular weight excluding hydrogens is 857 g/mol. The van der Waals surface area contributed by atoms with Crippen LogP contribution in [0.1, 0.15) is 100 Å². The second-order valence-electron chi connectivity index (χ2n) is 20.1. The second kappa shape index (κ2) is 19.1. The molecule has 6 atom stereocenters. The number of amides is 4. The number of carbonyl (C=O) groups excluding carboxylic acids is 4. The number of nitrogens with zero attached hydrogens (tertiary/aromatic N) is 4. The van der Waals surface area contributed by atoms with Crippen molar-refractivity contribution in [2.45, 2.75) is 104 Å². The number of carbonyl (C=O) groups is 4. The fourth-order valence-electron chi connectivity index (χ4n) is 10.6. The lowest BCUT2D eigenvalue weighted by atomic mass is 9.87. The van der Waals surface area contributed by atoms with E-state index in [4.69, 9.17) is 19.4 Å². The maximum atomic E-state index is 14.0. The van der Waals surface area contributed by atoms with Crippen molar-refractivity contribution < 1.29 is 28.7 Å². The van der Waals surface area contributed by atoms with E-state index in [-0.39, 0.29) is 47.6 Å². The van der Waals surface area contributed by atoms with Gasteiger partial charge in [-0.15, -0.1) is 0 Å². The van der Waals surface area contributed by atoms with Crippen LogP contribution in [0, 0.1) is 23.7 Å². The van der Waals surface area contributed by atoms with Crippen molar-refractivity contribution in [3.63, 3.8) is 0 Å². The van der Waals surface area contributed by atoms with Gasteiger partial charge >= 0.3 is 12.2 Å². The van der Waals surface area contributed by atoms with Crippen LogP contribution in [0.5, 0.6) is 0 Å². The molecule has 4 aromatic carbocycles. The van der Waals surface area contributed by atoms with Gasteiger partial charge in [0, 0.05) is 13.1 Å². The molecular formula is C54H64N8O6. The van der Waals surface area contributed by atoms with E-state index in [1.54, 1.807) is 0 Å². The molecule has 356 valence electrons. The molecule has 14 nitrogen and oxygen atoms in total. The Bertz CT molecular complexity index is 2690. The molecule has 2 saturated heterocycles. The zero-order valence-corrected chi connectivity index (χ0v) is 40.4. The first kappa shape index (κ1) is 46.4. The van der Waals surface area contributed by atoms with Gasteiger partial charge in [0.05, 0.1) is 48.4 Å². The van der Waals surface area contributed by atoms with Gasteiger partial charge < -0.3 is 39.9 Å². The third-order valence-electron chi connectivity index (χ3n) is 14.3. The van der Waals surface area contributed by atoms with E-state index >= 15 is 0 Å². The highest BCUT2D eigenvalue weighted by Gasteiger charge is 2.42. The minimum Gasteiger partial charge on any atom is -0.453 e. The summed E-state index contributed by atoms with van der Waals surface area (Å²) in [6.45, 7) is 13.2. The number of likely N-dealkylation sites (tertiary alicyclic amines) is 2. The molecule has 0 radical (unpaired) electrons. The molecule has 0 unspecified atom stereocenters. The van der Waals surface area contributed by atoms with Gasteiger partial charge in [-0.2, -0.15) is 0 Å². The van der Waals surface area contributed by atoms with E-state index in [1.807, 2.05) is 37.5 Å². The molecule has 4 amide bonds. The number of aromatic amines is 2. The molecule has 4 heterocycles. The molecule has 12 rings (SSSR count). The molecule has 4 N–H and O–H groups in total. The molecule has 2 aliphatic heterocycles. The summed E-state index contributed by atoms with van der Waals surface area (Å²) in [7, 11) is 2.61. The van der Waals surface area contributed by atoms with Gasteiger partial charge in [0.2, 0.25) is 11.8 Å². The van der Waals surface area contributed by atoms with E-state index in [1.165, 1.54) is 47.6 Å². The number of aromatic nitrogens is 4. The van der Waals surface area contributed by atoms with Crippen LogP contribution in [-0.2, 0) is 44.7 Å². The van der Waals surface area contributed by atoms with Crippen LogP contribution in [0.25, 0.3) is 44.3 Å². The summed E-state index contributed by atoms with van der Waals surface area (Å²) in [6, 6.07) is 24.8. The third kappa shape index (κ3) is 9.29. The number of alkyl carbamates (subject to hydrolysis) is 2. The SMILES string of the molecule is COC(=O)N[C@H](C(=O)N1C[C@H](C)C[C@H]1c1nc2cc(-c3cc4ccc3CCc3ccc(c(-c5ccc6[nH]c([C@@H]7C[C@@H](C)CN7C(=O)[C@@H](NC(=O)OC)C(C)C)nc6c5)c3)CC4)ccc2[nH]1)C(C)C. The van der Waals surface area contributed by atoms with Crippen LogP contribution >= 0.6 is 0 Å². The first-order valence-electron chi connectivity index (χ1n) is 24.2. The number of aryl methyl sites for hydroxylation is 4. The number of hydrogen-bond donors (Lipinski definition) is 4. The number of nitrogens with one attached hydrogen (secondary N) is 4. The molecule has 0 saturated carbocycles. The summed E-state index contributed by atoms with van der Waals surface area (Å²) in [5, 5.41) is 5.51. The quantitative estimate of drug-likeness (QED) is 0.105. The fraction of sp³-hybridized carbons (Fsp3) is 0.444. The van der Waals surface area contributed by atoms with Crippen molar-refractivity contribution in [1.82, 2.24) is 40.4 Å². The molecule has 2 aromatic heterocycles. The molecule has 4 aliphatic carbocycles. The maximum Gasteiger partial charge on any atom is 0.407 e. The lowest BCUT2D eigenvalue weighted by Crippen LogP contribution is -2.51. The largest absolute Gasteiger partial charge is 0.453 e. The summed E-state index contributed by atoms with van der Waals surface area (Å²) in [4.78, 5) is 73.3. The Morgan fingerprint density at radius 1 is 0.588 bits per heavy atom. The van der Waals surface area contributed by atoms with Crippen molar-refractivity contribution in [3.8, 4) is 22.3 Å². The molecule has 4 bridgehead atoms. The average molecular weight is 921 g/mol. The van der Waals surface area contributed by atoms with Gasteiger partial charge in [0.15, 0.2) is 0 Å². The van der Waals surface area contributed by atoms with Crippen molar-refractivity contribution in [2.24, 2.45) is 23.7 Å². The predicted molar refractivity (Wildman–Crippen MR) is 263 cm³/mol. The number of hydrogen-bond acceptors (Lipinski definition) is 8. The number of rotatable bonds is 10. The molecule has 6 aliphatic rings. The number of imidazole rings is 2. The van der Waals surface area contributed by atoms with Gasteiger partial charge in [-0.1, -0.05) is 90.1 Å². The number of methoxy groups -OCH3 is 2. The third-order valence-corrected chi connectivity index (χ3v) is 14.3. The first-order valence-corrected chi connectivity index (χ1v) is 24.2. The Kier molecular flexibility index (Phi) is 13.1. The average Bonchev–Trinajstić information content (AvgIpc) is 4.13. The lowest BCUT2D eigenvalue weighted by Gasteiger charge is -2.30. The van der Waals surface area contributed by atoms with Gasteiger partial charge in [0.1, 0.15) is 23.7 Å². The minimum atomic E-state index is -0.705. The van der Waals surface area contributed by atoms with Crippen molar-refractivity contribution in [1.29, 1.82) is 0 Å². The Morgan fingerprint density at radius 2 is 1.00 bits per heavy atom.